The summed E-state index contributed by atoms with van der Waals surface area (Å²) >= 11 is 0. The summed E-state index contributed by atoms with van der Waals surface area (Å²) in [5.41, 5.74) is 1.89. The zero-order chi connectivity index (χ0) is 14.5. The lowest BCUT2D eigenvalue weighted by molar-refractivity contribution is 0.00518. The number of pyridine rings is 1. The van der Waals surface area contributed by atoms with Crippen LogP contribution in [0, 0.1) is 0 Å². The third kappa shape index (κ3) is 3.60. The van der Waals surface area contributed by atoms with Gasteiger partial charge in [-0.05, 0) is 37.4 Å². The molecule has 2 aromatic rings. The molecule has 1 aromatic heterocycles. The summed E-state index contributed by atoms with van der Waals surface area (Å²) in [6.45, 7) is 1.60. The van der Waals surface area contributed by atoms with Crippen molar-refractivity contribution in [2.45, 2.75) is 44.1 Å². The molecule has 1 aromatic carbocycles. The maximum absolute atomic E-state index is 10.5. The Morgan fingerprint density at radius 2 is 1.90 bits per heavy atom. The molecule has 2 N–H and O–H groups in total. The van der Waals surface area contributed by atoms with Crippen LogP contribution in [0.4, 0.5) is 0 Å². The molecule has 0 aliphatic heterocycles. The lowest BCUT2D eigenvalue weighted by atomic mass is 9.85. The van der Waals surface area contributed by atoms with Crippen LogP contribution in [0.2, 0.25) is 0 Å². The average Bonchev–Trinajstić information content (AvgIpc) is 2.52. The summed E-state index contributed by atoms with van der Waals surface area (Å²) in [5, 5.41) is 15.1. The highest BCUT2D eigenvalue weighted by molar-refractivity contribution is 5.81. The summed E-state index contributed by atoms with van der Waals surface area (Å²) < 4.78 is 0. The molecule has 1 aliphatic rings. The first-order valence-corrected chi connectivity index (χ1v) is 8.03. The van der Waals surface area contributed by atoms with Gasteiger partial charge in [-0.2, -0.15) is 0 Å². The van der Waals surface area contributed by atoms with E-state index in [9.17, 15) is 5.11 Å². The number of fused-ring (bicyclic) bond motifs is 1. The molecule has 3 heteroatoms. The Morgan fingerprint density at radius 3 is 2.76 bits per heavy atom. The molecule has 1 aliphatic carbocycles. The van der Waals surface area contributed by atoms with Crippen molar-refractivity contribution in [3.05, 3.63) is 42.1 Å². The Bertz CT molecular complexity index is 585. The van der Waals surface area contributed by atoms with Gasteiger partial charge in [-0.25, -0.2) is 0 Å². The normalized spacial score (nSPS) is 18.0. The minimum absolute atomic E-state index is 0.477. The van der Waals surface area contributed by atoms with E-state index in [4.69, 9.17) is 0 Å². The highest BCUT2D eigenvalue weighted by Crippen LogP contribution is 2.27. The van der Waals surface area contributed by atoms with E-state index in [1.165, 1.54) is 17.4 Å². The quantitative estimate of drug-likeness (QED) is 0.829. The molecule has 0 unspecified atom stereocenters. The fourth-order valence-electron chi connectivity index (χ4n) is 3.30. The predicted octanol–water partition coefficient (Wildman–Crippen LogP) is 3.06. The summed E-state index contributed by atoms with van der Waals surface area (Å²) in [6, 6.07) is 10.4. The van der Waals surface area contributed by atoms with Crippen molar-refractivity contribution < 1.29 is 5.11 Å². The average molecular weight is 284 g/mol. The van der Waals surface area contributed by atoms with E-state index in [2.05, 4.69) is 34.6 Å². The molecular formula is C18H24N2O. The van der Waals surface area contributed by atoms with Gasteiger partial charge >= 0.3 is 0 Å². The van der Waals surface area contributed by atoms with Gasteiger partial charge in [-0.1, -0.05) is 43.5 Å². The SMILES string of the molecule is OC1(CNCCc2cccc3cccnc23)CCCCC1. The number of aliphatic hydroxyl groups is 1. The summed E-state index contributed by atoms with van der Waals surface area (Å²) in [7, 11) is 0. The van der Waals surface area contributed by atoms with Crippen LogP contribution in [0.1, 0.15) is 37.7 Å². The van der Waals surface area contributed by atoms with Crippen molar-refractivity contribution in [1.29, 1.82) is 0 Å². The lowest BCUT2D eigenvalue weighted by Crippen LogP contribution is -2.42. The van der Waals surface area contributed by atoms with E-state index in [1.54, 1.807) is 0 Å². The molecule has 0 atom stereocenters. The molecule has 112 valence electrons. The Kier molecular flexibility index (Phi) is 4.51. The van der Waals surface area contributed by atoms with Crippen LogP contribution >= 0.6 is 0 Å². The van der Waals surface area contributed by atoms with Gasteiger partial charge in [0, 0.05) is 18.1 Å². The van der Waals surface area contributed by atoms with Gasteiger partial charge < -0.3 is 10.4 Å². The largest absolute Gasteiger partial charge is 0.389 e. The number of nitrogens with zero attached hydrogens (tertiary/aromatic N) is 1. The molecule has 1 saturated carbocycles. The third-order valence-electron chi connectivity index (χ3n) is 4.53. The monoisotopic (exact) mass is 284 g/mol. The Labute approximate surface area is 126 Å². The molecule has 1 heterocycles. The highest BCUT2D eigenvalue weighted by Gasteiger charge is 2.28. The first-order chi connectivity index (χ1) is 10.3. The molecule has 0 amide bonds. The fourth-order valence-corrected chi connectivity index (χ4v) is 3.30. The van der Waals surface area contributed by atoms with Crippen LogP contribution in [-0.4, -0.2) is 28.8 Å². The summed E-state index contributed by atoms with van der Waals surface area (Å²) in [4.78, 5) is 4.49. The standard InChI is InChI=1S/C18H24N2O/c21-18(10-2-1-3-11-18)14-19-13-9-16-7-4-6-15-8-5-12-20-17(15)16/h4-8,12,19,21H,1-3,9-11,13-14H2. The van der Waals surface area contributed by atoms with Gasteiger partial charge in [0.2, 0.25) is 0 Å². The number of hydrogen-bond acceptors (Lipinski definition) is 3. The number of hydrogen-bond donors (Lipinski definition) is 2. The Morgan fingerprint density at radius 1 is 1.10 bits per heavy atom. The van der Waals surface area contributed by atoms with Gasteiger partial charge in [-0.15, -0.1) is 0 Å². The van der Waals surface area contributed by atoms with Crippen molar-refractivity contribution >= 4 is 10.9 Å². The van der Waals surface area contributed by atoms with Crippen LogP contribution in [-0.2, 0) is 6.42 Å². The van der Waals surface area contributed by atoms with Crippen molar-refractivity contribution in [2.75, 3.05) is 13.1 Å². The van der Waals surface area contributed by atoms with E-state index in [-0.39, 0.29) is 0 Å². The van der Waals surface area contributed by atoms with Crippen molar-refractivity contribution in [3.8, 4) is 0 Å². The minimum atomic E-state index is -0.477. The van der Waals surface area contributed by atoms with Crippen LogP contribution in [0.3, 0.4) is 0 Å². The molecule has 0 radical (unpaired) electrons. The second-order valence-corrected chi connectivity index (χ2v) is 6.20. The first kappa shape index (κ1) is 14.5. The zero-order valence-corrected chi connectivity index (χ0v) is 12.5. The molecule has 0 bridgehead atoms. The van der Waals surface area contributed by atoms with Crippen LogP contribution in [0.5, 0.6) is 0 Å². The fraction of sp³-hybridized carbons (Fsp3) is 0.500. The molecule has 0 spiro atoms. The zero-order valence-electron chi connectivity index (χ0n) is 12.5. The van der Waals surface area contributed by atoms with E-state index < -0.39 is 5.60 Å². The molecular weight excluding hydrogens is 260 g/mol. The number of rotatable bonds is 5. The van der Waals surface area contributed by atoms with Gasteiger partial charge in [0.05, 0.1) is 11.1 Å². The number of aromatic nitrogens is 1. The molecule has 1 fully saturated rings. The van der Waals surface area contributed by atoms with E-state index in [1.807, 2.05) is 12.3 Å². The third-order valence-corrected chi connectivity index (χ3v) is 4.53. The predicted molar refractivity (Wildman–Crippen MR) is 86.4 cm³/mol. The lowest BCUT2D eigenvalue weighted by Gasteiger charge is -2.32. The maximum Gasteiger partial charge on any atom is 0.0771 e. The number of nitrogens with one attached hydrogen (secondary N) is 1. The second-order valence-electron chi connectivity index (χ2n) is 6.20. The molecule has 3 nitrogen and oxygen atoms in total. The highest BCUT2D eigenvalue weighted by atomic mass is 16.3. The Hall–Kier alpha value is -1.45. The van der Waals surface area contributed by atoms with Gasteiger partial charge in [0.1, 0.15) is 0 Å². The van der Waals surface area contributed by atoms with Crippen LogP contribution < -0.4 is 5.32 Å². The van der Waals surface area contributed by atoms with Gasteiger partial charge in [0.25, 0.3) is 0 Å². The van der Waals surface area contributed by atoms with Crippen LogP contribution in [0.15, 0.2) is 36.5 Å². The van der Waals surface area contributed by atoms with Crippen LogP contribution in [0.25, 0.3) is 10.9 Å². The summed E-state index contributed by atoms with van der Waals surface area (Å²) in [5.74, 6) is 0. The maximum atomic E-state index is 10.5. The molecule has 0 saturated heterocycles. The smallest absolute Gasteiger partial charge is 0.0771 e. The summed E-state index contributed by atoms with van der Waals surface area (Å²) in [6.07, 6.45) is 8.26. The van der Waals surface area contributed by atoms with Gasteiger partial charge in [0.15, 0.2) is 0 Å². The first-order valence-electron chi connectivity index (χ1n) is 8.03. The van der Waals surface area contributed by atoms with Crippen molar-refractivity contribution in [2.24, 2.45) is 0 Å². The Balaban J connectivity index is 1.55. The van der Waals surface area contributed by atoms with Gasteiger partial charge in [-0.3, -0.25) is 4.98 Å². The van der Waals surface area contributed by atoms with E-state index in [0.717, 1.165) is 44.2 Å². The number of benzene rings is 1. The second kappa shape index (κ2) is 6.54. The van der Waals surface area contributed by atoms with Crippen molar-refractivity contribution in [3.63, 3.8) is 0 Å². The van der Waals surface area contributed by atoms with E-state index >= 15 is 0 Å². The van der Waals surface area contributed by atoms with E-state index in [0.29, 0.717) is 6.54 Å². The number of para-hydroxylation sites is 1. The minimum Gasteiger partial charge on any atom is -0.389 e. The molecule has 3 rings (SSSR count). The molecule has 21 heavy (non-hydrogen) atoms. The van der Waals surface area contributed by atoms with Crippen molar-refractivity contribution in [1.82, 2.24) is 10.3 Å². The topological polar surface area (TPSA) is 45.1 Å².